The molecule has 1 fully saturated rings. The largest absolute Gasteiger partial charge is 0.491 e. The summed E-state index contributed by atoms with van der Waals surface area (Å²) in [7, 11) is 0. The smallest absolute Gasteiger partial charge is 0.417 e. The fourth-order valence-corrected chi connectivity index (χ4v) is 3.76. The molecule has 0 bridgehead atoms. The lowest BCUT2D eigenvalue weighted by Crippen LogP contribution is -2.36. The maximum Gasteiger partial charge on any atom is 0.417 e. The van der Waals surface area contributed by atoms with Crippen molar-refractivity contribution >= 4 is 0 Å². The van der Waals surface area contributed by atoms with E-state index >= 15 is 0 Å². The highest BCUT2D eigenvalue weighted by molar-refractivity contribution is 5.63. The molecular weight excluding hydrogens is 419 g/mol. The van der Waals surface area contributed by atoms with Gasteiger partial charge < -0.3 is 14.3 Å². The van der Waals surface area contributed by atoms with Gasteiger partial charge in [-0.05, 0) is 55.7 Å². The lowest BCUT2D eigenvalue weighted by molar-refractivity contribution is -0.137. The van der Waals surface area contributed by atoms with Gasteiger partial charge in [0.1, 0.15) is 30.0 Å². The van der Waals surface area contributed by atoms with Crippen LogP contribution in [0, 0.1) is 6.92 Å². The molecule has 0 saturated heterocycles. The molecule has 1 unspecified atom stereocenters. The summed E-state index contributed by atoms with van der Waals surface area (Å²) < 4.78 is 51.5. The predicted molar refractivity (Wildman–Crippen MR) is 115 cm³/mol. The van der Waals surface area contributed by atoms with E-state index in [0.717, 1.165) is 24.5 Å². The zero-order valence-corrected chi connectivity index (χ0v) is 17.8. The first-order chi connectivity index (χ1) is 15.3. The second-order valence-electron chi connectivity index (χ2n) is 8.25. The van der Waals surface area contributed by atoms with Crippen molar-refractivity contribution < 1.29 is 27.4 Å². The summed E-state index contributed by atoms with van der Waals surface area (Å²) in [6.45, 7) is 2.95. The SMILES string of the molecule is Cc1cccc(OCC(O)CN(Cc2ccc(-c3ccccc3C(F)(F)F)o2)C2CC2)c1. The molecule has 170 valence electrons. The molecule has 1 N–H and O–H groups in total. The van der Waals surface area contributed by atoms with E-state index in [4.69, 9.17) is 9.15 Å². The minimum Gasteiger partial charge on any atom is -0.491 e. The van der Waals surface area contributed by atoms with Crippen molar-refractivity contribution in [3.05, 3.63) is 77.6 Å². The van der Waals surface area contributed by atoms with Crippen molar-refractivity contribution in [2.45, 2.75) is 44.6 Å². The molecule has 4 rings (SSSR count). The van der Waals surface area contributed by atoms with Crippen LogP contribution in [0.2, 0.25) is 0 Å². The normalized spacial score (nSPS) is 15.2. The average Bonchev–Trinajstić information content (AvgIpc) is 3.50. The van der Waals surface area contributed by atoms with E-state index in [2.05, 4.69) is 4.90 Å². The fourth-order valence-electron chi connectivity index (χ4n) is 3.76. The number of furan rings is 1. The molecule has 3 aromatic rings. The molecule has 1 aliphatic rings. The third-order valence-electron chi connectivity index (χ3n) is 5.46. The van der Waals surface area contributed by atoms with Gasteiger partial charge in [0.05, 0.1) is 12.1 Å². The Hall–Kier alpha value is -2.77. The zero-order valence-electron chi connectivity index (χ0n) is 17.8. The van der Waals surface area contributed by atoms with E-state index < -0.39 is 17.8 Å². The van der Waals surface area contributed by atoms with Crippen LogP contribution < -0.4 is 4.74 Å². The summed E-state index contributed by atoms with van der Waals surface area (Å²) in [4.78, 5) is 2.10. The number of halogens is 3. The highest BCUT2D eigenvalue weighted by Gasteiger charge is 2.34. The zero-order chi connectivity index (χ0) is 22.7. The number of alkyl halides is 3. The van der Waals surface area contributed by atoms with Gasteiger partial charge in [0.15, 0.2) is 0 Å². The summed E-state index contributed by atoms with van der Waals surface area (Å²) in [5.74, 6) is 1.46. The number of hydrogen-bond donors (Lipinski definition) is 1. The van der Waals surface area contributed by atoms with E-state index in [1.807, 2.05) is 31.2 Å². The van der Waals surface area contributed by atoms with Gasteiger partial charge in [-0.25, -0.2) is 0 Å². The van der Waals surface area contributed by atoms with Crippen molar-refractivity contribution in [2.24, 2.45) is 0 Å². The Bertz CT molecular complexity index is 1040. The standard InChI is InChI=1S/C25H26F3NO3/c1-17-5-4-6-20(13-17)31-16-19(30)14-29(18-9-10-18)15-21-11-12-24(32-21)22-7-2-3-8-23(22)25(26,27)28/h2-8,11-13,18-19,30H,9-10,14-16H2,1H3. The average molecular weight is 445 g/mol. The van der Waals surface area contributed by atoms with E-state index in [0.29, 0.717) is 30.6 Å². The number of ether oxygens (including phenoxy) is 1. The van der Waals surface area contributed by atoms with Crippen LogP contribution in [0.15, 0.2) is 65.1 Å². The van der Waals surface area contributed by atoms with Crippen molar-refractivity contribution in [2.75, 3.05) is 13.2 Å². The van der Waals surface area contributed by atoms with Crippen LogP contribution in [-0.4, -0.2) is 35.3 Å². The minimum absolute atomic E-state index is 0.0239. The van der Waals surface area contributed by atoms with Crippen molar-refractivity contribution in [1.29, 1.82) is 0 Å². The monoisotopic (exact) mass is 445 g/mol. The summed E-state index contributed by atoms with van der Waals surface area (Å²) >= 11 is 0. The first-order valence-electron chi connectivity index (χ1n) is 10.7. The van der Waals surface area contributed by atoms with Gasteiger partial charge in [-0.3, -0.25) is 4.90 Å². The molecule has 32 heavy (non-hydrogen) atoms. The van der Waals surface area contributed by atoms with Crippen LogP contribution in [0.1, 0.15) is 29.7 Å². The molecular formula is C25H26F3NO3. The van der Waals surface area contributed by atoms with E-state index in [1.165, 1.54) is 12.1 Å². The molecule has 1 saturated carbocycles. The molecule has 0 spiro atoms. The highest BCUT2D eigenvalue weighted by atomic mass is 19.4. The van der Waals surface area contributed by atoms with E-state index in [1.54, 1.807) is 18.2 Å². The van der Waals surface area contributed by atoms with Crippen LogP contribution >= 0.6 is 0 Å². The number of nitrogens with zero attached hydrogens (tertiary/aromatic N) is 1. The summed E-state index contributed by atoms with van der Waals surface area (Å²) in [6, 6.07) is 16.6. The van der Waals surface area contributed by atoms with Crippen LogP contribution in [0.25, 0.3) is 11.3 Å². The van der Waals surface area contributed by atoms with E-state index in [-0.39, 0.29) is 17.9 Å². The Labute approximate surface area is 185 Å². The quantitative estimate of drug-likeness (QED) is 0.460. The molecule has 1 heterocycles. The Morgan fingerprint density at radius 3 is 2.59 bits per heavy atom. The maximum atomic E-state index is 13.3. The van der Waals surface area contributed by atoms with E-state index in [9.17, 15) is 18.3 Å². The first kappa shape index (κ1) is 22.4. The third-order valence-corrected chi connectivity index (χ3v) is 5.46. The molecule has 1 atom stereocenters. The molecule has 1 aromatic heterocycles. The first-order valence-corrected chi connectivity index (χ1v) is 10.7. The number of hydrogen-bond acceptors (Lipinski definition) is 4. The Morgan fingerprint density at radius 2 is 1.88 bits per heavy atom. The van der Waals surface area contributed by atoms with Gasteiger partial charge in [-0.1, -0.05) is 30.3 Å². The third kappa shape index (κ3) is 5.72. The fraction of sp³-hybridized carbons (Fsp3) is 0.360. The number of rotatable bonds is 9. The van der Waals surface area contributed by atoms with Gasteiger partial charge in [0, 0.05) is 18.2 Å². The highest BCUT2D eigenvalue weighted by Crippen LogP contribution is 2.38. The Kier molecular flexibility index (Phi) is 6.58. The number of aliphatic hydroxyl groups excluding tert-OH is 1. The predicted octanol–water partition coefficient (Wildman–Crippen LogP) is 5.68. The lowest BCUT2D eigenvalue weighted by Gasteiger charge is -2.24. The van der Waals surface area contributed by atoms with Crippen molar-refractivity contribution in [3.63, 3.8) is 0 Å². The summed E-state index contributed by atoms with van der Waals surface area (Å²) in [5.41, 5.74) is 0.386. The van der Waals surface area contributed by atoms with Gasteiger partial charge in [-0.2, -0.15) is 13.2 Å². The van der Waals surface area contributed by atoms with Gasteiger partial charge in [0.2, 0.25) is 0 Å². The number of aryl methyl sites for hydroxylation is 1. The van der Waals surface area contributed by atoms with Crippen LogP contribution in [0.3, 0.4) is 0 Å². The van der Waals surface area contributed by atoms with Crippen LogP contribution in [-0.2, 0) is 12.7 Å². The van der Waals surface area contributed by atoms with Gasteiger partial charge >= 0.3 is 6.18 Å². The van der Waals surface area contributed by atoms with Gasteiger partial charge in [0.25, 0.3) is 0 Å². The number of benzene rings is 2. The lowest BCUT2D eigenvalue weighted by atomic mass is 10.1. The van der Waals surface area contributed by atoms with Gasteiger partial charge in [-0.15, -0.1) is 0 Å². The molecule has 2 aromatic carbocycles. The van der Waals surface area contributed by atoms with Crippen molar-refractivity contribution in [3.8, 4) is 17.1 Å². The topological polar surface area (TPSA) is 45.8 Å². The van der Waals surface area contributed by atoms with Crippen LogP contribution in [0.5, 0.6) is 5.75 Å². The molecule has 0 amide bonds. The summed E-state index contributed by atoms with van der Waals surface area (Å²) in [6.07, 6.45) is -3.10. The van der Waals surface area contributed by atoms with Crippen molar-refractivity contribution in [1.82, 2.24) is 4.90 Å². The number of aliphatic hydroxyl groups is 1. The molecule has 0 radical (unpaired) electrons. The molecule has 0 aliphatic heterocycles. The molecule has 4 nitrogen and oxygen atoms in total. The molecule has 1 aliphatic carbocycles. The summed E-state index contributed by atoms with van der Waals surface area (Å²) in [5, 5.41) is 10.5. The Balaban J connectivity index is 1.40. The second kappa shape index (κ2) is 9.38. The molecule has 7 heteroatoms. The van der Waals surface area contributed by atoms with Crippen LogP contribution in [0.4, 0.5) is 13.2 Å². The minimum atomic E-state index is -4.45. The second-order valence-corrected chi connectivity index (χ2v) is 8.25. The Morgan fingerprint density at radius 1 is 1.09 bits per heavy atom. The maximum absolute atomic E-state index is 13.3.